The molecule has 0 bridgehead atoms. The number of nitrogens with zero attached hydrogens (tertiary/aromatic N) is 2. The number of amides is 1. The van der Waals surface area contributed by atoms with Gasteiger partial charge >= 0.3 is 0 Å². The Balaban J connectivity index is 2.00. The monoisotopic (exact) mass is 230 g/mol. The molecule has 2 N–H and O–H groups in total. The molecule has 0 radical (unpaired) electrons. The van der Waals surface area contributed by atoms with E-state index in [1.165, 1.54) is 11.9 Å². The number of hydrogen-bond acceptors (Lipinski definition) is 3. The van der Waals surface area contributed by atoms with Crippen LogP contribution in [0.1, 0.15) is 28.7 Å². The minimum absolute atomic E-state index is 0.235. The van der Waals surface area contributed by atoms with E-state index in [9.17, 15) is 4.79 Å². The number of aryl methyl sites for hydroxylation is 1. The summed E-state index contributed by atoms with van der Waals surface area (Å²) >= 11 is 0. The van der Waals surface area contributed by atoms with Gasteiger partial charge in [0.15, 0.2) is 0 Å². The van der Waals surface area contributed by atoms with Gasteiger partial charge in [0.25, 0.3) is 5.91 Å². The van der Waals surface area contributed by atoms with E-state index in [-0.39, 0.29) is 11.7 Å². The predicted molar refractivity (Wildman–Crippen MR) is 63.4 cm³/mol. The van der Waals surface area contributed by atoms with E-state index < -0.39 is 0 Å². The highest BCUT2D eigenvalue weighted by Crippen LogP contribution is 2.08. The maximum Gasteiger partial charge on any atom is 0.288 e. The third kappa shape index (κ3) is 2.69. The van der Waals surface area contributed by atoms with Gasteiger partial charge in [-0.05, 0) is 17.5 Å². The molecule has 0 aliphatic heterocycles. The molecule has 0 aliphatic carbocycles. The van der Waals surface area contributed by atoms with Crippen LogP contribution in [0.25, 0.3) is 0 Å². The molecule has 1 aromatic carbocycles. The molecule has 5 nitrogen and oxygen atoms in total. The van der Waals surface area contributed by atoms with Crippen molar-refractivity contribution in [3.8, 4) is 0 Å². The molecule has 0 unspecified atom stereocenters. The van der Waals surface area contributed by atoms with E-state index in [1.807, 2.05) is 18.2 Å². The molecule has 0 saturated carbocycles. The Morgan fingerprint density at radius 3 is 2.76 bits per heavy atom. The Morgan fingerprint density at radius 1 is 1.35 bits per heavy atom. The molecule has 5 heteroatoms. The molecule has 88 valence electrons. The second kappa shape index (κ2) is 5.25. The number of H-pyrrole nitrogens is 1. The number of nitrogens with one attached hydrogen (secondary N) is 2. The van der Waals surface area contributed by atoms with Crippen molar-refractivity contribution in [2.75, 3.05) is 0 Å². The zero-order valence-electron chi connectivity index (χ0n) is 9.60. The minimum atomic E-state index is -0.242. The topological polar surface area (TPSA) is 70.7 Å². The summed E-state index contributed by atoms with van der Waals surface area (Å²) in [6, 6.07) is 8.05. The van der Waals surface area contributed by atoms with E-state index in [2.05, 4.69) is 33.5 Å². The van der Waals surface area contributed by atoms with Gasteiger partial charge < -0.3 is 5.32 Å². The van der Waals surface area contributed by atoms with Gasteiger partial charge in [0.2, 0.25) is 5.82 Å². The van der Waals surface area contributed by atoms with Gasteiger partial charge in [0.1, 0.15) is 6.33 Å². The SMILES string of the molecule is CCc1ccccc1CNC(=O)c1ncn[nH]1. The van der Waals surface area contributed by atoms with Gasteiger partial charge in [-0.1, -0.05) is 31.2 Å². The van der Waals surface area contributed by atoms with Gasteiger partial charge in [0, 0.05) is 6.54 Å². The van der Waals surface area contributed by atoms with Crippen LogP contribution in [0, 0.1) is 0 Å². The number of hydrogen-bond donors (Lipinski definition) is 2. The van der Waals surface area contributed by atoms with Crippen LogP contribution < -0.4 is 5.32 Å². The zero-order chi connectivity index (χ0) is 12.1. The quantitative estimate of drug-likeness (QED) is 0.831. The molecule has 17 heavy (non-hydrogen) atoms. The van der Waals surface area contributed by atoms with Gasteiger partial charge in [0.05, 0.1) is 0 Å². The summed E-state index contributed by atoms with van der Waals surface area (Å²) < 4.78 is 0. The first-order valence-corrected chi connectivity index (χ1v) is 5.51. The average Bonchev–Trinajstić information content (AvgIpc) is 2.90. The summed E-state index contributed by atoms with van der Waals surface area (Å²) in [6.45, 7) is 2.60. The van der Waals surface area contributed by atoms with Crippen LogP contribution in [0.5, 0.6) is 0 Å². The molecule has 0 atom stereocenters. The molecule has 0 aliphatic rings. The lowest BCUT2D eigenvalue weighted by molar-refractivity contribution is 0.0941. The average molecular weight is 230 g/mol. The first-order chi connectivity index (χ1) is 8.31. The van der Waals surface area contributed by atoms with Crippen LogP contribution in [0.2, 0.25) is 0 Å². The van der Waals surface area contributed by atoms with Crippen LogP contribution >= 0.6 is 0 Å². The third-order valence-electron chi connectivity index (χ3n) is 2.57. The largest absolute Gasteiger partial charge is 0.345 e. The molecular weight excluding hydrogens is 216 g/mol. The lowest BCUT2D eigenvalue weighted by Crippen LogP contribution is -2.24. The predicted octanol–water partition coefficient (Wildman–Crippen LogP) is 1.30. The van der Waals surface area contributed by atoms with Crippen molar-refractivity contribution in [1.82, 2.24) is 20.5 Å². The number of aromatic amines is 1. The van der Waals surface area contributed by atoms with Gasteiger partial charge in [-0.3, -0.25) is 9.89 Å². The summed E-state index contributed by atoms with van der Waals surface area (Å²) in [4.78, 5) is 15.4. The van der Waals surface area contributed by atoms with Gasteiger partial charge in [-0.2, -0.15) is 5.10 Å². The molecule has 1 aromatic heterocycles. The molecule has 0 fully saturated rings. The van der Waals surface area contributed by atoms with Crippen molar-refractivity contribution in [3.63, 3.8) is 0 Å². The summed E-state index contributed by atoms with van der Waals surface area (Å²) in [5.74, 6) is -0.00705. The Kier molecular flexibility index (Phi) is 3.49. The molecule has 2 rings (SSSR count). The first-order valence-electron chi connectivity index (χ1n) is 5.51. The maximum atomic E-state index is 11.6. The third-order valence-corrected chi connectivity index (χ3v) is 2.57. The zero-order valence-corrected chi connectivity index (χ0v) is 9.60. The lowest BCUT2D eigenvalue weighted by atomic mass is 10.1. The Bertz CT molecular complexity index is 493. The molecular formula is C12H14N4O. The van der Waals surface area contributed by atoms with E-state index in [0.29, 0.717) is 6.54 Å². The number of benzene rings is 1. The summed E-state index contributed by atoms with van der Waals surface area (Å²) in [5, 5.41) is 8.97. The van der Waals surface area contributed by atoms with Crippen molar-refractivity contribution >= 4 is 5.91 Å². The number of carbonyl (C=O) groups excluding carboxylic acids is 1. The molecule has 0 saturated heterocycles. The Labute approximate surface area is 99.3 Å². The Hall–Kier alpha value is -2.17. The fourth-order valence-electron chi connectivity index (χ4n) is 1.65. The normalized spacial score (nSPS) is 10.2. The van der Waals surface area contributed by atoms with Gasteiger partial charge in [-0.25, -0.2) is 4.98 Å². The number of aromatic nitrogens is 3. The van der Waals surface area contributed by atoms with Crippen LogP contribution in [0.15, 0.2) is 30.6 Å². The van der Waals surface area contributed by atoms with Crippen LogP contribution in [0.3, 0.4) is 0 Å². The summed E-state index contributed by atoms with van der Waals surface area (Å²) in [6.07, 6.45) is 2.27. The standard InChI is InChI=1S/C12H14N4O/c1-2-9-5-3-4-6-10(9)7-13-12(17)11-14-8-15-16-11/h3-6,8H,2,7H2,1H3,(H,13,17)(H,14,15,16). The fourth-order valence-corrected chi connectivity index (χ4v) is 1.65. The highest BCUT2D eigenvalue weighted by molar-refractivity contribution is 5.90. The van der Waals surface area contributed by atoms with Crippen molar-refractivity contribution in [3.05, 3.63) is 47.5 Å². The van der Waals surface area contributed by atoms with Crippen molar-refractivity contribution in [2.24, 2.45) is 0 Å². The van der Waals surface area contributed by atoms with Crippen molar-refractivity contribution < 1.29 is 4.79 Å². The second-order valence-electron chi connectivity index (χ2n) is 3.64. The molecule has 1 heterocycles. The van der Waals surface area contributed by atoms with E-state index in [1.54, 1.807) is 0 Å². The lowest BCUT2D eigenvalue weighted by Gasteiger charge is -2.07. The summed E-state index contributed by atoms with van der Waals surface area (Å²) in [5.41, 5.74) is 2.37. The fraction of sp³-hybridized carbons (Fsp3) is 0.250. The Morgan fingerprint density at radius 2 is 2.12 bits per heavy atom. The highest BCUT2D eigenvalue weighted by atomic mass is 16.2. The highest BCUT2D eigenvalue weighted by Gasteiger charge is 2.08. The van der Waals surface area contributed by atoms with Crippen LogP contribution in [-0.4, -0.2) is 21.1 Å². The first kappa shape index (κ1) is 11.3. The van der Waals surface area contributed by atoms with Crippen molar-refractivity contribution in [2.45, 2.75) is 19.9 Å². The number of rotatable bonds is 4. The summed E-state index contributed by atoms with van der Waals surface area (Å²) in [7, 11) is 0. The molecule has 1 amide bonds. The second-order valence-corrected chi connectivity index (χ2v) is 3.64. The van der Waals surface area contributed by atoms with Crippen LogP contribution in [0.4, 0.5) is 0 Å². The van der Waals surface area contributed by atoms with Crippen LogP contribution in [-0.2, 0) is 13.0 Å². The van der Waals surface area contributed by atoms with Crippen molar-refractivity contribution in [1.29, 1.82) is 0 Å². The smallest absolute Gasteiger partial charge is 0.288 e. The minimum Gasteiger partial charge on any atom is -0.345 e. The van der Waals surface area contributed by atoms with E-state index in [0.717, 1.165) is 12.0 Å². The molecule has 0 spiro atoms. The number of carbonyl (C=O) groups is 1. The molecule has 2 aromatic rings. The van der Waals surface area contributed by atoms with E-state index >= 15 is 0 Å². The van der Waals surface area contributed by atoms with Gasteiger partial charge in [-0.15, -0.1) is 0 Å². The maximum absolute atomic E-state index is 11.6. The van der Waals surface area contributed by atoms with E-state index in [4.69, 9.17) is 0 Å².